The zero-order valence-corrected chi connectivity index (χ0v) is 17.8. The largest absolute Gasteiger partial charge is 0.507 e. The monoisotopic (exact) mass is 410 g/mol. The van der Waals surface area contributed by atoms with Crippen LogP contribution in [0.1, 0.15) is 23.1 Å². The maximum Gasteiger partial charge on any atom is 0.163 e. The molecule has 0 heterocycles. The quantitative estimate of drug-likeness (QED) is 0.375. The minimum atomic E-state index is -0.326. The molecule has 6 nitrogen and oxygen atoms in total. The Balaban J connectivity index is 1.99. The van der Waals surface area contributed by atoms with Crippen LogP contribution in [0.2, 0.25) is 0 Å². The summed E-state index contributed by atoms with van der Waals surface area (Å²) < 4.78 is 5.68. The lowest BCUT2D eigenvalue weighted by molar-refractivity contribution is -0.884. The molecule has 0 fully saturated rings. The number of carbonyl (C=O) groups is 2. The van der Waals surface area contributed by atoms with Crippen LogP contribution in [-0.4, -0.2) is 54.5 Å². The van der Waals surface area contributed by atoms with Crippen molar-refractivity contribution in [1.82, 2.24) is 0 Å². The number of methoxy groups -OCH3 is 1. The lowest BCUT2D eigenvalue weighted by Gasteiger charge is -2.24. The van der Waals surface area contributed by atoms with Gasteiger partial charge in [-0.3, -0.25) is 9.59 Å². The second-order valence-corrected chi connectivity index (χ2v) is 8.04. The van der Waals surface area contributed by atoms with E-state index < -0.39 is 0 Å². The molecule has 2 aromatic carbocycles. The molecule has 0 aliphatic carbocycles. The van der Waals surface area contributed by atoms with E-state index in [1.165, 1.54) is 25.3 Å². The summed E-state index contributed by atoms with van der Waals surface area (Å²) in [6.07, 6.45) is 5.67. The van der Waals surface area contributed by atoms with E-state index in [-0.39, 0.29) is 29.5 Å². The minimum absolute atomic E-state index is 0.0140. The molecule has 0 saturated heterocycles. The number of hydrogen-bond acceptors (Lipinski definition) is 5. The van der Waals surface area contributed by atoms with Crippen LogP contribution in [-0.2, 0) is 16.1 Å². The van der Waals surface area contributed by atoms with Crippen LogP contribution in [0.15, 0.2) is 48.6 Å². The van der Waals surface area contributed by atoms with Crippen molar-refractivity contribution in [3.8, 4) is 17.2 Å². The fourth-order valence-corrected chi connectivity index (χ4v) is 2.81. The molecule has 0 saturated carbocycles. The normalized spacial score (nSPS) is 11.9. The highest BCUT2D eigenvalue weighted by Gasteiger charge is 2.12. The van der Waals surface area contributed by atoms with Gasteiger partial charge in [-0.05, 0) is 47.5 Å². The highest BCUT2D eigenvalue weighted by atomic mass is 16.5. The van der Waals surface area contributed by atoms with Crippen LogP contribution in [0.25, 0.3) is 12.2 Å². The van der Waals surface area contributed by atoms with Crippen LogP contribution in [0, 0.1) is 0 Å². The van der Waals surface area contributed by atoms with Gasteiger partial charge in [0.2, 0.25) is 0 Å². The maximum absolute atomic E-state index is 12.1. The van der Waals surface area contributed by atoms with Crippen LogP contribution in [0.3, 0.4) is 0 Å². The third-order valence-electron chi connectivity index (χ3n) is 4.22. The molecule has 6 heteroatoms. The fourth-order valence-electron chi connectivity index (χ4n) is 2.81. The molecular formula is C24H28NO5+. The molecule has 2 rings (SSSR count). The van der Waals surface area contributed by atoms with Gasteiger partial charge in [-0.1, -0.05) is 24.3 Å². The lowest BCUT2D eigenvalue weighted by Crippen LogP contribution is -2.33. The molecule has 0 atom stereocenters. The topological polar surface area (TPSA) is 83.8 Å². The second kappa shape index (κ2) is 9.89. The van der Waals surface area contributed by atoms with E-state index in [0.717, 1.165) is 11.1 Å². The molecule has 0 bridgehead atoms. The highest BCUT2D eigenvalue weighted by molar-refractivity contribution is 6.10. The van der Waals surface area contributed by atoms with E-state index >= 15 is 0 Å². The first-order valence-electron chi connectivity index (χ1n) is 9.48. The van der Waals surface area contributed by atoms with Gasteiger partial charge in [0.25, 0.3) is 0 Å². The van der Waals surface area contributed by atoms with Gasteiger partial charge in [-0.25, -0.2) is 0 Å². The Hall–Kier alpha value is -3.38. The number of nitrogens with zero attached hydrogens (tertiary/aromatic N) is 1. The molecule has 2 aromatic rings. The van der Waals surface area contributed by atoms with Crippen molar-refractivity contribution in [2.24, 2.45) is 0 Å². The Morgan fingerprint density at radius 3 is 1.97 bits per heavy atom. The van der Waals surface area contributed by atoms with Gasteiger partial charge in [-0.15, -0.1) is 0 Å². The average molecular weight is 410 g/mol. The van der Waals surface area contributed by atoms with Gasteiger partial charge in [0.1, 0.15) is 12.3 Å². The second-order valence-electron chi connectivity index (χ2n) is 8.04. The average Bonchev–Trinajstić information content (AvgIpc) is 2.67. The number of carbonyl (C=O) groups excluding carboxylic acids is 2. The number of phenols is 2. The van der Waals surface area contributed by atoms with Gasteiger partial charge in [0, 0.05) is 5.56 Å². The molecule has 158 valence electrons. The molecule has 0 aliphatic heterocycles. The van der Waals surface area contributed by atoms with Gasteiger partial charge in [0.15, 0.2) is 23.1 Å². The number of aromatic hydroxyl groups is 2. The van der Waals surface area contributed by atoms with Crippen molar-refractivity contribution in [2.45, 2.75) is 13.0 Å². The number of allylic oxidation sites excluding steroid dienone is 2. The summed E-state index contributed by atoms with van der Waals surface area (Å²) >= 11 is 0. The van der Waals surface area contributed by atoms with E-state index in [9.17, 15) is 19.8 Å². The first-order valence-corrected chi connectivity index (χ1v) is 9.48. The molecule has 0 aromatic heterocycles. The fraction of sp³-hybridized carbons (Fsp3) is 0.250. The molecule has 0 aliphatic rings. The van der Waals surface area contributed by atoms with E-state index in [0.29, 0.717) is 22.3 Å². The summed E-state index contributed by atoms with van der Waals surface area (Å²) in [6, 6.07) is 9.87. The van der Waals surface area contributed by atoms with Crippen LogP contribution in [0.5, 0.6) is 17.2 Å². The Kier molecular flexibility index (Phi) is 7.55. The Bertz CT molecular complexity index is 984. The summed E-state index contributed by atoms with van der Waals surface area (Å²) in [4.78, 5) is 24.2. The number of quaternary nitrogens is 1. The first kappa shape index (κ1) is 22.9. The number of hydrogen-bond donors (Lipinski definition) is 2. The number of phenolic OH excluding ortho intramolecular Hbond substituents is 2. The lowest BCUT2D eigenvalue weighted by atomic mass is 10.1. The molecule has 0 amide bonds. The van der Waals surface area contributed by atoms with Crippen LogP contribution < -0.4 is 4.74 Å². The van der Waals surface area contributed by atoms with Crippen molar-refractivity contribution < 1.29 is 29.0 Å². The van der Waals surface area contributed by atoms with Crippen molar-refractivity contribution >= 4 is 23.7 Å². The molecule has 30 heavy (non-hydrogen) atoms. The van der Waals surface area contributed by atoms with Crippen molar-refractivity contribution in [3.63, 3.8) is 0 Å². The summed E-state index contributed by atoms with van der Waals surface area (Å²) in [5, 5.41) is 19.6. The maximum atomic E-state index is 12.1. The van der Waals surface area contributed by atoms with Gasteiger partial charge >= 0.3 is 0 Å². The van der Waals surface area contributed by atoms with E-state index in [1.807, 2.05) is 27.2 Å². The van der Waals surface area contributed by atoms with Gasteiger partial charge in [0.05, 0.1) is 34.7 Å². The third-order valence-corrected chi connectivity index (χ3v) is 4.22. The predicted molar refractivity (Wildman–Crippen MR) is 117 cm³/mol. The summed E-state index contributed by atoms with van der Waals surface area (Å²) in [5.74, 6) is -0.0951. The number of ether oxygens (including phenoxy) is 1. The molecule has 2 N–H and O–H groups in total. The molecule has 0 radical (unpaired) electrons. The van der Waals surface area contributed by atoms with Gasteiger partial charge < -0.3 is 19.4 Å². The van der Waals surface area contributed by atoms with Crippen molar-refractivity contribution in [1.29, 1.82) is 0 Å². The zero-order valence-electron chi connectivity index (χ0n) is 17.8. The zero-order chi connectivity index (χ0) is 22.3. The molecule has 0 spiro atoms. The van der Waals surface area contributed by atoms with Crippen molar-refractivity contribution in [3.05, 3.63) is 65.2 Å². The third kappa shape index (κ3) is 7.22. The molecular weight excluding hydrogens is 382 g/mol. The van der Waals surface area contributed by atoms with Crippen LogP contribution >= 0.6 is 0 Å². The Morgan fingerprint density at radius 1 is 0.900 bits per heavy atom. The van der Waals surface area contributed by atoms with Crippen LogP contribution in [0.4, 0.5) is 0 Å². The van der Waals surface area contributed by atoms with E-state index in [1.54, 1.807) is 36.4 Å². The van der Waals surface area contributed by atoms with E-state index in [4.69, 9.17) is 4.74 Å². The number of ketones is 2. The SMILES string of the molecule is COc1cc(/C=C/C(=O)CC(=O)/C=C/c2ccc(O)c(C[N+](C)(C)C)c2)ccc1O. The van der Waals surface area contributed by atoms with Gasteiger partial charge in [-0.2, -0.15) is 0 Å². The summed E-state index contributed by atoms with van der Waals surface area (Å²) in [5.41, 5.74) is 2.25. The highest BCUT2D eigenvalue weighted by Crippen LogP contribution is 2.26. The minimum Gasteiger partial charge on any atom is -0.507 e. The van der Waals surface area contributed by atoms with Crippen molar-refractivity contribution in [2.75, 3.05) is 28.3 Å². The predicted octanol–water partition coefficient (Wildman–Crippen LogP) is 3.57. The Labute approximate surface area is 176 Å². The summed E-state index contributed by atoms with van der Waals surface area (Å²) in [6.45, 7) is 0.646. The Morgan fingerprint density at radius 2 is 1.43 bits per heavy atom. The van der Waals surface area contributed by atoms with E-state index in [2.05, 4.69) is 0 Å². The molecule has 0 unspecified atom stereocenters. The standard InChI is InChI=1S/C24H27NO5/c1-25(2,3)16-19-13-17(7-11-22(19)28)5-9-20(26)15-21(27)10-6-18-8-12-23(29)24(14-18)30-4/h5-14H,15-16H2,1-4H3,(H-,26,27,28,29)/p+1. The number of benzene rings is 2. The smallest absolute Gasteiger partial charge is 0.163 e. The number of rotatable bonds is 9. The summed E-state index contributed by atoms with van der Waals surface area (Å²) in [7, 11) is 7.52. The first-order chi connectivity index (χ1) is 14.1.